The topological polar surface area (TPSA) is 83.6 Å². The van der Waals surface area contributed by atoms with Crippen molar-refractivity contribution in [3.05, 3.63) is 42.2 Å². The van der Waals surface area contributed by atoms with E-state index in [1.54, 1.807) is 24.3 Å². The maximum absolute atomic E-state index is 13.4. The quantitative estimate of drug-likeness (QED) is 0.668. The molecule has 1 aromatic heterocycles. The number of thiazole rings is 1. The van der Waals surface area contributed by atoms with Gasteiger partial charge in [0.25, 0.3) is 0 Å². The molecule has 2 N–H and O–H groups in total. The standard InChI is InChI=1S/C20H19FN4O3S/c1-11(26)22-14-4-6-17(28-2)16(8-14)23-19(27)12-9-25(10-12)20-24-15-5-3-13(21)7-18(15)29-20/h3-8,12H,9-10H2,1-2H3,(H,22,26)(H,23,27). The van der Waals surface area contributed by atoms with Crippen LogP contribution in [0.25, 0.3) is 10.2 Å². The second-order valence-electron chi connectivity index (χ2n) is 6.80. The normalized spacial score (nSPS) is 13.8. The van der Waals surface area contributed by atoms with Gasteiger partial charge >= 0.3 is 0 Å². The Morgan fingerprint density at radius 3 is 2.72 bits per heavy atom. The summed E-state index contributed by atoms with van der Waals surface area (Å²) >= 11 is 1.41. The van der Waals surface area contributed by atoms with E-state index in [4.69, 9.17) is 4.74 Å². The van der Waals surface area contributed by atoms with Gasteiger partial charge in [-0.15, -0.1) is 0 Å². The van der Waals surface area contributed by atoms with Crippen molar-refractivity contribution in [2.24, 2.45) is 5.92 Å². The first-order valence-corrected chi connectivity index (χ1v) is 9.82. The van der Waals surface area contributed by atoms with Crippen molar-refractivity contribution in [1.82, 2.24) is 4.98 Å². The number of anilines is 3. The number of benzene rings is 2. The zero-order valence-corrected chi connectivity index (χ0v) is 16.7. The number of fused-ring (bicyclic) bond motifs is 1. The minimum absolute atomic E-state index is 0.133. The summed E-state index contributed by atoms with van der Waals surface area (Å²) in [6.45, 7) is 2.48. The van der Waals surface area contributed by atoms with Gasteiger partial charge in [-0.05, 0) is 36.4 Å². The molecule has 2 amide bonds. The van der Waals surface area contributed by atoms with Gasteiger partial charge in [-0.25, -0.2) is 9.37 Å². The fraction of sp³-hybridized carbons (Fsp3) is 0.250. The van der Waals surface area contributed by atoms with Crippen LogP contribution in [0.3, 0.4) is 0 Å². The first kappa shape index (κ1) is 19.1. The molecule has 29 heavy (non-hydrogen) atoms. The second kappa shape index (κ2) is 7.67. The average molecular weight is 414 g/mol. The lowest BCUT2D eigenvalue weighted by atomic mass is 10.00. The van der Waals surface area contributed by atoms with Crippen molar-refractivity contribution >= 4 is 49.9 Å². The molecule has 0 aliphatic carbocycles. The van der Waals surface area contributed by atoms with Gasteiger partial charge in [-0.1, -0.05) is 11.3 Å². The summed E-state index contributed by atoms with van der Waals surface area (Å²) in [5, 5.41) is 6.34. The lowest BCUT2D eigenvalue weighted by Crippen LogP contribution is -2.52. The van der Waals surface area contributed by atoms with Gasteiger partial charge in [0.2, 0.25) is 11.8 Å². The number of nitrogens with one attached hydrogen (secondary N) is 2. The molecular weight excluding hydrogens is 395 g/mol. The molecule has 3 aromatic rings. The van der Waals surface area contributed by atoms with Crippen LogP contribution >= 0.6 is 11.3 Å². The maximum atomic E-state index is 13.4. The summed E-state index contributed by atoms with van der Waals surface area (Å²) < 4.78 is 19.4. The SMILES string of the molecule is COc1ccc(NC(C)=O)cc1NC(=O)C1CN(c2nc3ccc(F)cc3s2)C1. The van der Waals surface area contributed by atoms with Crippen LogP contribution in [0.5, 0.6) is 5.75 Å². The van der Waals surface area contributed by atoms with Gasteiger partial charge in [-0.2, -0.15) is 0 Å². The molecule has 7 nitrogen and oxygen atoms in total. The van der Waals surface area contributed by atoms with Gasteiger partial charge < -0.3 is 20.3 Å². The van der Waals surface area contributed by atoms with E-state index in [0.717, 1.165) is 15.3 Å². The third-order valence-electron chi connectivity index (χ3n) is 4.64. The number of methoxy groups -OCH3 is 1. The predicted octanol–water partition coefficient (Wildman–Crippen LogP) is 3.48. The molecule has 2 aromatic carbocycles. The zero-order chi connectivity index (χ0) is 20.5. The van der Waals surface area contributed by atoms with Crippen molar-refractivity contribution in [2.75, 3.05) is 35.7 Å². The molecule has 2 heterocycles. The molecule has 0 atom stereocenters. The van der Waals surface area contributed by atoms with Crippen LogP contribution in [0.2, 0.25) is 0 Å². The molecular formula is C20H19FN4O3S. The molecule has 0 unspecified atom stereocenters. The van der Waals surface area contributed by atoms with Crippen molar-refractivity contribution in [3.8, 4) is 5.75 Å². The van der Waals surface area contributed by atoms with E-state index in [1.165, 1.54) is 37.5 Å². The molecule has 0 radical (unpaired) electrons. The maximum Gasteiger partial charge on any atom is 0.231 e. The highest BCUT2D eigenvalue weighted by molar-refractivity contribution is 7.22. The molecule has 1 saturated heterocycles. The summed E-state index contributed by atoms with van der Waals surface area (Å²) in [6, 6.07) is 9.57. The molecule has 150 valence electrons. The number of hydrogen-bond donors (Lipinski definition) is 2. The molecule has 0 spiro atoms. The first-order valence-electron chi connectivity index (χ1n) is 9.00. The Hall–Kier alpha value is -3.20. The number of rotatable bonds is 5. The van der Waals surface area contributed by atoms with Crippen LogP contribution in [0.1, 0.15) is 6.92 Å². The highest BCUT2D eigenvalue weighted by atomic mass is 32.1. The molecule has 0 bridgehead atoms. The summed E-state index contributed by atoms with van der Waals surface area (Å²) in [4.78, 5) is 30.4. The molecule has 0 saturated carbocycles. The van der Waals surface area contributed by atoms with E-state index in [2.05, 4.69) is 15.6 Å². The third-order valence-corrected chi connectivity index (χ3v) is 5.72. The zero-order valence-electron chi connectivity index (χ0n) is 15.9. The Bertz CT molecular complexity index is 1090. The minimum Gasteiger partial charge on any atom is -0.495 e. The number of carbonyl (C=O) groups excluding carboxylic acids is 2. The van der Waals surface area contributed by atoms with Crippen molar-refractivity contribution < 1.29 is 18.7 Å². The Balaban J connectivity index is 1.42. The van der Waals surface area contributed by atoms with E-state index in [-0.39, 0.29) is 23.5 Å². The number of amides is 2. The van der Waals surface area contributed by atoms with E-state index in [9.17, 15) is 14.0 Å². The Labute approximate surface area is 170 Å². The van der Waals surface area contributed by atoms with E-state index >= 15 is 0 Å². The van der Waals surface area contributed by atoms with Gasteiger partial charge in [0.1, 0.15) is 11.6 Å². The first-order chi connectivity index (χ1) is 13.9. The van der Waals surface area contributed by atoms with Gasteiger partial charge in [0.15, 0.2) is 5.13 Å². The minimum atomic E-state index is -0.288. The number of aromatic nitrogens is 1. The van der Waals surface area contributed by atoms with Crippen LogP contribution in [0.4, 0.5) is 20.9 Å². The number of hydrogen-bond acceptors (Lipinski definition) is 6. The van der Waals surface area contributed by atoms with Crippen LogP contribution in [0, 0.1) is 11.7 Å². The monoisotopic (exact) mass is 414 g/mol. The highest BCUT2D eigenvalue weighted by Gasteiger charge is 2.34. The van der Waals surface area contributed by atoms with Crippen molar-refractivity contribution in [1.29, 1.82) is 0 Å². The van der Waals surface area contributed by atoms with E-state index in [1.807, 2.05) is 4.90 Å². The molecule has 4 rings (SSSR count). The third kappa shape index (κ3) is 4.00. The molecule has 1 fully saturated rings. The number of halogens is 1. The molecule has 1 aliphatic heterocycles. The van der Waals surface area contributed by atoms with Crippen LogP contribution < -0.4 is 20.3 Å². The second-order valence-corrected chi connectivity index (χ2v) is 7.80. The fourth-order valence-corrected chi connectivity index (χ4v) is 4.15. The van der Waals surface area contributed by atoms with Gasteiger partial charge in [-0.3, -0.25) is 9.59 Å². The highest BCUT2D eigenvalue weighted by Crippen LogP contribution is 2.34. The van der Waals surface area contributed by atoms with Crippen LogP contribution in [-0.4, -0.2) is 37.0 Å². The lowest BCUT2D eigenvalue weighted by Gasteiger charge is -2.38. The predicted molar refractivity (Wildman–Crippen MR) is 111 cm³/mol. The Morgan fingerprint density at radius 1 is 1.21 bits per heavy atom. The summed E-state index contributed by atoms with van der Waals surface area (Å²) in [5.41, 5.74) is 1.82. The largest absolute Gasteiger partial charge is 0.495 e. The summed E-state index contributed by atoms with van der Waals surface area (Å²) in [7, 11) is 1.52. The Morgan fingerprint density at radius 2 is 2.00 bits per heavy atom. The molecule has 9 heteroatoms. The fourth-order valence-electron chi connectivity index (χ4n) is 3.14. The summed E-state index contributed by atoms with van der Waals surface area (Å²) in [6.07, 6.45) is 0. The number of carbonyl (C=O) groups is 2. The lowest BCUT2D eigenvalue weighted by molar-refractivity contribution is -0.120. The van der Waals surface area contributed by atoms with Gasteiger partial charge in [0, 0.05) is 25.7 Å². The smallest absolute Gasteiger partial charge is 0.231 e. The van der Waals surface area contributed by atoms with Gasteiger partial charge in [0.05, 0.1) is 28.9 Å². The Kier molecular flexibility index (Phi) is 5.06. The van der Waals surface area contributed by atoms with E-state index in [0.29, 0.717) is 30.2 Å². The van der Waals surface area contributed by atoms with Crippen molar-refractivity contribution in [3.63, 3.8) is 0 Å². The summed E-state index contributed by atoms with van der Waals surface area (Å²) in [5.74, 6) is -0.307. The molecule has 1 aliphatic rings. The van der Waals surface area contributed by atoms with Crippen LogP contribution in [0.15, 0.2) is 36.4 Å². The average Bonchev–Trinajstić information content (AvgIpc) is 3.02. The number of nitrogens with zero attached hydrogens (tertiary/aromatic N) is 2. The number of ether oxygens (including phenoxy) is 1. The van der Waals surface area contributed by atoms with Crippen LogP contribution in [-0.2, 0) is 9.59 Å². The van der Waals surface area contributed by atoms with Crippen molar-refractivity contribution in [2.45, 2.75) is 6.92 Å². The van der Waals surface area contributed by atoms with E-state index < -0.39 is 0 Å².